The molecule has 8 nitrogen and oxygen atoms in total. The number of amidine groups is 1. The molecule has 2 aromatic rings. The molecule has 10 heteroatoms. The maximum atomic E-state index is 12.5. The van der Waals surface area contributed by atoms with E-state index in [1.54, 1.807) is 19.1 Å². The molecule has 148 valence electrons. The molecule has 3 heterocycles. The summed E-state index contributed by atoms with van der Waals surface area (Å²) >= 11 is 7.52. The Labute approximate surface area is 174 Å². The summed E-state index contributed by atoms with van der Waals surface area (Å²) in [5.74, 6) is 0.508. The second-order valence-electron chi connectivity index (χ2n) is 6.53. The van der Waals surface area contributed by atoms with Crippen LogP contribution in [0.3, 0.4) is 0 Å². The fourth-order valence-corrected chi connectivity index (χ4v) is 4.57. The van der Waals surface area contributed by atoms with Gasteiger partial charge < -0.3 is 4.42 Å². The molecule has 1 fully saturated rings. The maximum Gasteiger partial charge on any atom is 0.270 e. The SMILES string of the molecule is CC(=O)C1=C(C)N=C2SCC(=O)N2[C@@H]1c1ccc(-c2cc([N+](=O)[O-])ccc2Cl)o1. The first kappa shape index (κ1) is 19.4. The highest BCUT2D eigenvalue weighted by molar-refractivity contribution is 8.15. The Balaban J connectivity index is 1.82. The molecule has 0 unspecified atom stereocenters. The fraction of sp³-hybridized carbons (Fsp3) is 0.211. The molecular weight excluding hydrogens is 418 g/mol. The molecule has 1 aromatic carbocycles. The van der Waals surface area contributed by atoms with Gasteiger partial charge in [0, 0.05) is 29.0 Å². The summed E-state index contributed by atoms with van der Waals surface area (Å²) in [6.45, 7) is 3.14. The summed E-state index contributed by atoms with van der Waals surface area (Å²) in [5.41, 5.74) is 1.13. The highest BCUT2D eigenvalue weighted by Gasteiger charge is 2.43. The molecule has 4 rings (SSSR count). The van der Waals surface area contributed by atoms with Crippen molar-refractivity contribution in [1.29, 1.82) is 0 Å². The van der Waals surface area contributed by atoms with Crippen LogP contribution in [0.25, 0.3) is 11.3 Å². The predicted molar refractivity (Wildman–Crippen MR) is 109 cm³/mol. The maximum absolute atomic E-state index is 12.5. The van der Waals surface area contributed by atoms with Crippen molar-refractivity contribution in [2.24, 2.45) is 4.99 Å². The number of thioether (sulfide) groups is 1. The van der Waals surface area contributed by atoms with Crippen molar-refractivity contribution in [3.8, 4) is 11.3 Å². The lowest BCUT2D eigenvalue weighted by Gasteiger charge is -2.31. The lowest BCUT2D eigenvalue weighted by molar-refractivity contribution is -0.384. The lowest BCUT2D eigenvalue weighted by atomic mass is 9.96. The van der Waals surface area contributed by atoms with Crippen molar-refractivity contribution < 1.29 is 18.9 Å². The highest BCUT2D eigenvalue weighted by atomic mass is 35.5. The van der Waals surface area contributed by atoms with E-state index >= 15 is 0 Å². The van der Waals surface area contributed by atoms with Gasteiger partial charge in [0.1, 0.15) is 17.6 Å². The molecule has 0 aliphatic carbocycles. The van der Waals surface area contributed by atoms with Crippen LogP contribution < -0.4 is 0 Å². The van der Waals surface area contributed by atoms with Gasteiger partial charge in [-0.25, -0.2) is 4.99 Å². The molecule has 0 spiro atoms. The Kier molecular flexibility index (Phi) is 4.79. The average Bonchev–Trinajstić information content (AvgIpc) is 3.28. The molecule has 1 saturated heterocycles. The summed E-state index contributed by atoms with van der Waals surface area (Å²) in [6, 6.07) is 6.57. The van der Waals surface area contributed by atoms with E-state index in [4.69, 9.17) is 16.0 Å². The van der Waals surface area contributed by atoms with Crippen LogP contribution in [0.5, 0.6) is 0 Å². The molecule has 2 aliphatic rings. The van der Waals surface area contributed by atoms with E-state index in [1.807, 2.05) is 0 Å². The van der Waals surface area contributed by atoms with Crippen LogP contribution in [0.1, 0.15) is 25.6 Å². The summed E-state index contributed by atoms with van der Waals surface area (Å²) in [4.78, 5) is 41.2. The van der Waals surface area contributed by atoms with E-state index in [0.29, 0.717) is 33.5 Å². The summed E-state index contributed by atoms with van der Waals surface area (Å²) in [5, 5.41) is 11.9. The van der Waals surface area contributed by atoms with Gasteiger partial charge in [-0.1, -0.05) is 23.4 Å². The molecule has 0 saturated carbocycles. The van der Waals surface area contributed by atoms with E-state index in [-0.39, 0.29) is 28.2 Å². The second kappa shape index (κ2) is 7.16. The molecule has 0 N–H and O–H groups in total. The van der Waals surface area contributed by atoms with Crippen molar-refractivity contribution in [3.63, 3.8) is 0 Å². The Hall–Kier alpha value is -2.91. The van der Waals surface area contributed by atoms with Crippen LogP contribution in [-0.2, 0) is 9.59 Å². The number of non-ortho nitro benzene ring substituents is 1. The molecule has 1 aromatic heterocycles. The number of rotatable bonds is 4. The van der Waals surface area contributed by atoms with E-state index in [0.717, 1.165) is 0 Å². The molecule has 29 heavy (non-hydrogen) atoms. The standard InChI is InChI=1S/C19H14ClN3O5S/c1-9-17(10(2)24)18(22-16(25)8-29-19(22)21-9)15-6-5-14(28-15)12-7-11(23(26)27)3-4-13(12)20/h3-7,18H,8H2,1-2H3/t18-/m1/s1. The van der Waals surface area contributed by atoms with Gasteiger partial charge in [-0.3, -0.25) is 24.6 Å². The number of hydrogen-bond donors (Lipinski definition) is 0. The lowest BCUT2D eigenvalue weighted by Crippen LogP contribution is -2.38. The first-order valence-corrected chi connectivity index (χ1v) is 9.93. The van der Waals surface area contributed by atoms with E-state index in [9.17, 15) is 19.7 Å². The number of hydrogen-bond acceptors (Lipinski definition) is 7. The first-order chi connectivity index (χ1) is 13.8. The zero-order valence-corrected chi connectivity index (χ0v) is 16.9. The quantitative estimate of drug-likeness (QED) is 0.526. The van der Waals surface area contributed by atoms with Gasteiger partial charge in [-0.2, -0.15) is 0 Å². The molecule has 1 amide bonds. The number of nitro groups is 1. The van der Waals surface area contributed by atoms with Gasteiger partial charge in [0.25, 0.3) is 5.69 Å². The summed E-state index contributed by atoms with van der Waals surface area (Å²) < 4.78 is 5.96. The van der Waals surface area contributed by atoms with E-state index in [1.165, 1.54) is 41.8 Å². The average molecular weight is 432 g/mol. The third-order valence-electron chi connectivity index (χ3n) is 4.69. The summed E-state index contributed by atoms with van der Waals surface area (Å²) in [6.07, 6.45) is 0. The predicted octanol–water partition coefficient (Wildman–Crippen LogP) is 4.36. The third kappa shape index (κ3) is 3.26. The smallest absolute Gasteiger partial charge is 0.270 e. The van der Waals surface area contributed by atoms with Gasteiger partial charge in [-0.05, 0) is 32.0 Å². The molecule has 0 radical (unpaired) electrons. The van der Waals surface area contributed by atoms with Crippen molar-refractivity contribution in [3.05, 3.63) is 62.5 Å². The van der Waals surface area contributed by atoms with Crippen LogP contribution in [0.2, 0.25) is 5.02 Å². The van der Waals surface area contributed by atoms with Gasteiger partial charge in [0.2, 0.25) is 5.91 Å². The van der Waals surface area contributed by atoms with Crippen LogP contribution >= 0.6 is 23.4 Å². The molecule has 2 aliphatic heterocycles. The van der Waals surface area contributed by atoms with Gasteiger partial charge in [0.05, 0.1) is 15.7 Å². The number of allylic oxidation sites excluding steroid dienone is 1. The summed E-state index contributed by atoms with van der Waals surface area (Å²) in [7, 11) is 0. The van der Waals surface area contributed by atoms with Gasteiger partial charge in [0.15, 0.2) is 11.0 Å². The number of benzene rings is 1. The fourth-order valence-electron chi connectivity index (χ4n) is 3.42. The Morgan fingerprint density at radius 1 is 1.38 bits per heavy atom. The minimum absolute atomic E-state index is 0.124. The molecule has 1 atom stereocenters. The molecule has 0 bridgehead atoms. The second-order valence-corrected chi connectivity index (χ2v) is 7.88. The minimum Gasteiger partial charge on any atom is -0.458 e. The van der Waals surface area contributed by atoms with Crippen molar-refractivity contribution >= 4 is 45.9 Å². The van der Waals surface area contributed by atoms with Crippen molar-refractivity contribution in [1.82, 2.24) is 4.90 Å². The number of fused-ring (bicyclic) bond motifs is 1. The van der Waals surface area contributed by atoms with Crippen LogP contribution in [0.4, 0.5) is 5.69 Å². The number of Topliss-reactive ketones (excluding diaryl/α,β-unsaturated/α-hetero) is 1. The Bertz CT molecular complexity index is 1140. The van der Waals surface area contributed by atoms with Crippen LogP contribution in [-0.4, -0.2) is 32.4 Å². The van der Waals surface area contributed by atoms with Crippen LogP contribution in [0.15, 0.2) is 51.0 Å². The largest absolute Gasteiger partial charge is 0.458 e. The zero-order chi connectivity index (χ0) is 20.9. The highest BCUT2D eigenvalue weighted by Crippen LogP contribution is 2.43. The number of ketones is 1. The van der Waals surface area contributed by atoms with Crippen molar-refractivity contribution in [2.45, 2.75) is 19.9 Å². The van der Waals surface area contributed by atoms with Crippen molar-refractivity contribution in [2.75, 3.05) is 5.75 Å². The first-order valence-electron chi connectivity index (χ1n) is 8.57. The van der Waals surface area contributed by atoms with Gasteiger partial charge >= 0.3 is 0 Å². The third-order valence-corrected chi connectivity index (χ3v) is 5.95. The number of carbonyl (C=O) groups excluding carboxylic acids is 2. The van der Waals surface area contributed by atoms with E-state index < -0.39 is 11.0 Å². The number of carbonyl (C=O) groups is 2. The monoisotopic (exact) mass is 431 g/mol. The number of amides is 1. The molecular formula is C19H14ClN3O5S. The number of nitrogens with zero attached hydrogens (tertiary/aromatic N) is 3. The minimum atomic E-state index is -0.742. The Morgan fingerprint density at radius 3 is 2.83 bits per heavy atom. The Morgan fingerprint density at radius 2 is 2.14 bits per heavy atom. The van der Waals surface area contributed by atoms with Gasteiger partial charge in [-0.15, -0.1) is 0 Å². The van der Waals surface area contributed by atoms with E-state index in [2.05, 4.69) is 4.99 Å². The zero-order valence-electron chi connectivity index (χ0n) is 15.3. The number of furan rings is 1. The number of nitro benzene ring substituents is 1. The topological polar surface area (TPSA) is 106 Å². The number of halogens is 1. The number of aliphatic imine (C=N–C) groups is 1. The normalized spacial score (nSPS) is 18.7. The van der Waals surface area contributed by atoms with Crippen LogP contribution in [0, 0.1) is 10.1 Å².